The fourth-order valence-electron chi connectivity index (χ4n) is 16.4. The van der Waals surface area contributed by atoms with Crippen molar-refractivity contribution in [2.45, 2.75) is 0 Å². The Morgan fingerprint density at radius 3 is 1.07 bits per heavy atom. The molecule has 0 saturated carbocycles. The molecule has 0 aliphatic carbocycles. The van der Waals surface area contributed by atoms with Gasteiger partial charge in [-0.05, 0) is 130 Å². The minimum absolute atomic E-state index is 0.695. The van der Waals surface area contributed by atoms with Gasteiger partial charge in [0.05, 0.1) is 44.8 Å². The van der Waals surface area contributed by atoms with E-state index in [9.17, 15) is 0 Å². The molecule has 6 aromatic heterocycles. The van der Waals surface area contributed by atoms with Crippen molar-refractivity contribution in [2.24, 2.45) is 0 Å². The predicted molar refractivity (Wildman–Crippen MR) is 462 cm³/mol. The van der Waals surface area contributed by atoms with E-state index in [4.69, 9.17) is 28.8 Å². The smallest absolute Gasteiger partial charge is 0.160 e. The summed E-state index contributed by atoms with van der Waals surface area (Å²) in [6.07, 6.45) is 0. The predicted octanol–water partition coefficient (Wildman–Crippen LogP) is 27.6. The third kappa shape index (κ3) is 11.7. The molecule has 0 N–H and O–H groups in total. The maximum atomic E-state index is 6.39. The number of hydrogen-bond donors (Lipinski definition) is 0. The topological polar surface area (TPSA) is 87.7 Å². The Balaban J connectivity index is 0.000000141. The molecular formula is C104H66N6O2. The van der Waals surface area contributed by atoms with Gasteiger partial charge in [-0.1, -0.05) is 309 Å². The summed E-state index contributed by atoms with van der Waals surface area (Å²) >= 11 is 0. The highest BCUT2D eigenvalue weighted by molar-refractivity contribution is 6.18. The number of aromatic nitrogens is 6. The van der Waals surface area contributed by atoms with E-state index in [2.05, 4.69) is 312 Å². The molecular weight excluding hydrogens is 1370 g/mol. The van der Waals surface area contributed by atoms with Gasteiger partial charge in [-0.15, -0.1) is 0 Å². The maximum absolute atomic E-state index is 6.39. The zero-order valence-corrected chi connectivity index (χ0v) is 60.6. The van der Waals surface area contributed by atoms with E-state index in [1.54, 1.807) is 0 Å². The first kappa shape index (κ1) is 65.2. The van der Waals surface area contributed by atoms with Gasteiger partial charge in [-0.25, -0.2) is 19.9 Å². The van der Waals surface area contributed by atoms with Crippen molar-refractivity contribution in [3.8, 4) is 124 Å². The number of fused-ring (bicyclic) bond motifs is 12. The Hall–Kier alpha value is -15.1. The standard InChI is InChI=1S/2C52H33N3O/c1-3-14-35(15-4-1)45-33-46(36-16-5-2-6-17-36)54-52(53-45)38-19-11-18-37(32-38)40-22-13-26-48-50(40)44-21-7-9-25-47(44)55(48)39-30-28-34(29-31-39)41-23-12-24-43-42-20-8-10-27-49(42)56-51(41)43;1-3-12-36(13-4-1)45-33-46(37-14-5-2-6-15-37)54-52(53-45)38-24-22-35(23-25-38)41-18-11-20-48-51(41)43-17-7-9-19-47(43)55(48)40-29-26-34(27-30-40)39-28-31-50-44(32-39)42-16-8-10-21-49(42)56-50/h2*1-33H. The zero-order chi connectivity index (χ0) is 74.0. The van der Waals surface area contributed by atoms with E-state index in [-0.39, 0.29) is 0 Å². The number of benzene rings is 16. The number of para-hydroxylation sites is 5. The highest BCUT2D eigenvalue weighted by Crippen LogP contribution is 2.44. The lowest BCUT2D eigenvalue weighted by molar-refractivity contribution is 0.669. The van der Waals surface area contributed by atoms with Crippen LogP contribution < -0.4 is 0 Å². The van der Waals surface area contributed by atoms with Crippen LogP contribution in [0.3, 0.4) is 0 Å². The fourth-order valence-corrected chi connectivity index (χ4v) is 16.4. The first-order chi connectivity index (χ1) is 55.5. The quantitative estimate of drug-likeness (QED) is 0.121. The fraction of sp³-hybridized carbons (Fsp3) is 0. The van der Waals surface area contributed by atoms with Gasteiger partial charge >= 0.3 is 0 Å². The van der Waals surface area contributed by atoms with Crippen molar-refractivity contribution < 1.29 is 8.83 Å². The van der Waals surface area contributed by atoms with Gasteiger partial charge in [0.15, 0.2) is 11.6 Å². The Labute approximate surface area is 645 Å². The number of hydrogen-bond acceptors (Lipinski definition) is 6. The summed E-state index contributed by atoms with van der Waals surface area (Å²) in [7, 11) is 0. The highest BCUT2D eigenvalue weighted by Gasteiger charge is 2.22. The molecule has 0 fully saturated rings. The average molecular weight is 1430 g/mol. The lowest BCUT2D eigenvalue weighted by atomic mass is 9.97. The van der Waals surface area contributed by atoms with Crippen LogP contribution in [0.25, 0.3) is 211 Å². The van der Waals surface area contributed by atoms with E-state index in [0.717, 1.165) is 161 Å². The minimum atomic E-state index is 0.695. The third-order valence-electron chi connectivity index (χ3n) is 21.7. The molecule has 8 heteroatoms. The van der Waals surface area contributed by atoms with Crippen molar-refractivity contribution in [1.29, 1.82) is 0 Å². The second kappa shape index (κ2) is 27.6. The normalized spacial score (nSPS) is 11.6. The summed E-state index contributed by atoms with van der Waals surface area (Å²) in [6.45, 7) is 0. The van der Waals surface area contributed by atoms with E-state index < -0.39 is 0 Å². The summed E-state index contributed by atoms with van der Waals surface area (Å²) < 4.78 is 17.2. The van der Waals surface area contributed by atoms with Crippen molar-refractivity contribution >= 4 is 87.5 Å². The number of furan rings is 2. The van der Waals surface area contributed by atoms with Gasteiger partial charge in [0.25, 0.3) is 0 Å². The minimum Gasteiger partial charge on any atom is -0.456 e. The average Bonchev–Trinajstić information content (AvgIpc) is 1.58. The molecule has 0 aliphatic heterocycles. The second-order valence-electron chi connectivity index (χ2n) is 28.3. The van der Waals surface area contributed by atoms with Gasteiger partial charge in [0, 0.05) is 93.4 Å². The van der Waals surface area contributed by atoms with Crippen LogP contribution in [0.4, 0.5) is 0 Å². The maximum Gasteiger partial charge on any atom is 0.160 e. The third-order valence-corrected chi connectivity index (χ3v) is 21.7. The second-order valence-corrected chi connectivity index (χ2v) is 28.3. The summed E-state index contributed by atoms with van der Waals surface area (Å²) in [5, 5.41) is 9.40. The van der Waals surface area contributed by atoms with E-state index in [1.165, 1.54) is 38.1 Å². The summed E-state index contributed by atoms with van der Waals surface area (Å²) in [6, 6.07) is 141. The molecule has 6 heterocycles. The van der Waals surface area contributed by atoms with Crippen LogP contribution in [-0.4, -0.2) is 29.1 Å². The first-order valence-electron chi connectivity index (χ1n) is 37.8. The van der Waals surface area contributed by atoms with Gasteiger partial charge in [0.1, 0.15) is 22.3 Å². The van der Waals surface area contributed by atoms with Gasteiger partial charge < -0.3 is 18.0 Å². The lowest BCUT2D eigenvalue weighted by Crippen LogP contribution is -1.96. The largest absolute Gasteiger partial charge is 0.456 e. The number of nitrogens with zero attached hydrogens (tertiary/aromatic N) is 6. The van der Waals surface area contributed by atoms with Crippen LogP contribution >= 0.6 is 0 Å². The van der Waals surface area contributed by atoms with Crippen molar-refractivity contribution in [1.82, 2.24) is 29.1 Å². The molecule has 22 rings (SSSR count). The molecule has 8 nitrogen and oxygen atoms in total. The van der Waals surface area contributed by atoms with Crippen LogP contribution in [0.2, 0.25) is 0 Å². The molecule has 0 amide bonds. The highest BCUT2D eigenvalue weighted by atomic mass is 16.3. The zero-order valence-electron chi connectivity index (χ0n) is 60.6. The van der Waals surface area contributed by atoms with Gasteiger partial charge in [-0.3, -0.25) is 0 Å². The van der Waals surface area contributed by atoms with E-state index in [1.807, 2.05) is 97.1 Å². The summed E-state index contributed by atoms with van der Waals surface area (Å²) in [5.41, 5.74) is 29.4. The molecule has 112 heavy (non-hydrogen) atoms. The molecule has 0 spiro atoms. The Bertz CT molecular complexity index is 7210. The Morgan fingerprint density at radius 1 is 0.188 bits per heavy atom. The molecule has 0 atom stereocenters. The molecule has 0 aliphatic rings. The Morgan fingerprint density at radius 2 is 0.536 bits per heavy atom. The SMILES string of the molecule is c1ccc(-c2cc(-c3ccccc3)nc(-c3ccc(-c4cccc5c4c4ccccc4n5-c4ccc(-c5ccc6oc7ccccc7c6c5)cc4)cc3)n2)cc1.c1ccc(-c2cc(-c3ccccc3)nc(-c3cccc(-c4cccc5c4c4ccccc4n5-c4ccc(-c5cccc6c5oc5ccccc56)cc4)c3)n2)cc1. The molecule has 16 aromatic carbocycles. The summed E-state index contributed by atoms with van der Waals surface area (Å²) in [5.74, 6) is 1.40. The van der Waals surface area contributed by atoms with Crippen LogP contribution in [-0.2, 0) is 0 Å². The molecule has 0 radical (unpaired) electrons. The van der Waals surface area contributed by atoms with Crippen molar-refractivity contribution in [3.63, 3.8) is 0 Å². The molecule has 0 saturated heterocycles. The molecule has 0 unspecified atom stereocenters. The van der Waals surface area contributed by atoms with Gasteiger partial charge in [-0.2, -0.15) is 0 Å². The van der Waals surface area contributed by atoms with E-state index in [0.29, 0.717) is 11.6 Å². The summed E-state index contributed by atoms with van der Waals surface area (Å²) in [4.78, 5) is 20.4. The monoisotopic (exact) mass is 1430 g/mol. The van der Waals surface area contributed by atoms with Crippen LogP contribution in [0.5, 0.6) is 0 Å². The van der Waals surface area contributed by atoms with Crippen LogP contribution in [0.1, 0.15) is 0 Å². The van der Waals surface area contributed by atoms with E-state index >= 15 is 0 Å². The number of rotatable bonds is 12. The van der Waals surface area contributed by atoms with Gasteiger partial charge in [0.2, 0.25) is 0 Å². The Kier molecular flexibility index (Phi) is 16.1. The van der Waals surface area contributed by atoms with Crippen LogP contribution in [0, 0.1) is 0 Å². The molecule has 524 valence electrons. The first-order valence-corrected chi connectivity index (χ1v) is 37.8. The molecule has 22 aromatic rings. The van der Waals surface area contributed by atoms with Crippen LogP contribution in [0.15, 0.2) is 409 Å². The molecule has 0 bridgehead atoms. The van der Waals surface area contributed by atoms with Crippen molar-refractivity contribution in [2.75, 3.05) is 0 Å². The van der Waals surface area contributed by atoms with Crippen molar-refractivity contribution in [3.05, 3.63) is 400 Å². The lowest BCUT2D eigenvalue weighted by Gasteiger charge is -2.12.